The Morgan fingerprint density at radius 2 is 2.23 bits per heavy atom. The predicted molar refractivity (Wildman–Crippen MR) is 48.3 cm³/mol. The minimum Gasteiger partial charge on any atom is -0.468 e. The van der Waals surface area contributed by atoms with Gasteiger partial charge in [0.25, 0.3) is 0 Å². The van der Waals surface area contributed by atoms with Gasteiger partial charge in [0.1, 0.15) is 5.41 Å². The van der Waals surface area contributed by atoms with E-state index in [4.69, 9.17) is 4.74 Å². The number of methoxy groups -OCH3 is 1. The Labute approximate surface area is 77.5 Å². The summed E-state index contributed by atoms with van der Waals surface area (Å²) in [5.41, 5.74) is 0.0533. The van der Waals surface area contributed by atoms with Crippen LogP contribution in [0.5, 0.6) is 0 Å². The van der Waals surface area contributed by atoms with E-state index in [-0.39, 0.29) is 5.97 Å². The summed E-state index contributed by atoms with van der Waals surface area (Å²) in [6.07, 6.45) is 3.48. The van der Waals surface area contributed by atoms with E-state index in [1.807, 2.05) is 13.2 Å². The smallest absolute Gasteiger partial charge is 0.317 e. The molecule has 4 nitrogen and oxygen atoms in total. The van der Waals surface area contributed by atoms with Crippen molar-refractivity contribution in [2.24, 2.45) is 7.05 Å². The molecule has 0 saturated heterocycles. The van der Waals surface area contributed by atoms with E-state index in [1.54, 1.807) is 24.7 Å². The molecule has 13 heavy (non-hydrogen) atoms. The fraction of sp³-hybridized carbons (Fsp3) is 0.556. The van der Waals surface area contributed by atoms with Crippen LogP contribution in [0.15, 0.2) is 12.5 Å². The van der Waals surface area contributed by atoms with Crippen LogP contribution >= 0.6 is 0 Å². The Bertz CT molecular complexity index is 315. The number of hydrogen-bond donors (Lipinski definition) is 0. The van der Waals surface area contributed by atoms with Gasteiger partial charge < -0.3 is 9.30 Å². The van der Waals surface area contributed by atoms with Gasteiger partial charge in [-0.2, -0.15) is 0 Å². The summed E-state index contributed by atoms with van der Waals surface area (Å²) in [6.45, 7) is 3.59. The van der Waals surface area contributed by atoms with Crippen molar-refractivity contribution in [2.45, 2.75) is 19.3 Å². The number of carbonyl (C=O) groups is 1. The van der Waals surface area contributed by atoms with Crippen LogP contribution in [0.4, 0.5) is 0 Å². The summed E-state index contributed by atoms with van der Waals surface area (Å²) in [5, 5.41) is 0. The second-order valence-electron chi connectivity index (χ2n) is 3.54. The van der Waals surface area contributed by atoms with E-state index in [9.17, 15) is 4.79 Å². The number of imidazole rings is 1. The molecule has 0 unspecified atom stereocenters. The third kappa shape index (κ3) is 1.71. The standard InChI is InChI=1S/C9H14N2O2/c1-9(2,8(12)13-4)7-5-11(3)6-10-7/h5-6H,1-4H3. The third-order valence-electron chi connectivity index (χ3n) is 2.04. The molecule has 0 aliphatic heterocycles. The number of esters is 1. The van der Waals surface area contributed by atoms with Crippen LogP contribution in [0.3, 0.4) is 0 Å². The minimum absolute atomic E-state index is 0.272. The first-order chi connectivity index (χ1) is 5.98. The Hall–Kier alpha value is -1.32. The van der Waals surface area contributed by atoms with Crippen molar-refractivity contribution in [2.75, 3.05) is 7.11 Å². The first-order valence-corrected chi connectivity index (χ1v) is 4.05. The normalized spacial score (nSPS) is 11.4. The van der Waals surface area contributed by atoms with Gasteiger partial charge >= 0.3 is 5.97 Å². The summed E-state index contributed by atoms with van der Waals surface area (Å²) in [4.78, 5) is 15.5. The number of nitrogens with zero attached hydrogens (tertiary/aromatic N) is 2. The molecule has 1 rings (SSSR count). The highest BCUT2D eigenvalue weighted by Crippen LogP contribution is 2.22. The maximum Gasteiger partial charge on any atom is 0.317 e. The van der Waals surface area contributed by atoms with E-state index >= 15 is 0 Å². The number of carbonyl (C=O) groups excluding carboxylic acids is 1. The molecule has 0 aromatic carbocycles. The third-order valence-corrected chi connectivity index (χ3v) is 2.04. The number of aromatic nitrogens is 2. The van der Waals surface area contributed by atoms with Gasteiger partial charge in [0.05, 0.1) is 19.1 Å². The van der Waals surface area contributed by atoms with Gasteiger partial charge in [-0.25, -0.2) is 4.98 Å². The Balaban J connectivity index is 2.99. The molecule has 1 aromatic heterocycles. The zero-order valence-corrected chi connectivity index (χ0v) is 8.37. The largest absolute Gasteiger partial charge is 0.468 e. The molecule has 0 atom stereocenters. The highest BCUT2D eigenvalue weighted by Gasteiger charge is 2.32. The van der Waals surface area contributed by atoms with E-state index < -0.39 is 5.41 Å². The van der Waals surface area contributed by atoms with E-state index in [0.29, 0.717) is 0 Å². The highest BCUT2D eigenvalue weighted by atomic mass is 16.5. The van der Waals surface area contributed by atoms with Crippen LogP contribution in [0.2, 0.25) is 0 Å². The molecule has 1 aromatic rings. The minimum atomic E-state index is -0.671. The first kappa shape index (κ1) is 9.77. The van der Waals surface area contributed by atoms with Gasteiger partial charge in [-0.15, -0.1) is 0 Å². The molecule has 0 saturated carbocycles. The molecular weight excluding hydrogens is 168 g/mol. The van der Waals surface area contributed by atoms with Crippen molar-refractivity contribution in [3.8, 4) is 0 Å². The number of ether oxygens (including phenoxy) is 1. The summed E-state index contributed by atoms with van der Waals surface area (Å²) >= 11 is 0. The fourth-order valence-corrected chi connectivity index (χ4v) is 1.10. The lowest BCUT2D eigenvalue weighted by Crippen LogP contribution is -2.30. The molecule has 0 fully saturated rings. The van der Waals surface area contributed by atoms with E-state index in [2.05, 4.69) is 4.98 Å². The van der Waals surface area contributed by atoms with Crippen LogP contribution < -0.4 is 0 Å². The number of hydrogen-bond acceptors (Lipinski definition) is 3. The molecule has 0 N–H and O–H groups in total. The van der Waals surface area contributed by atoms with Gasteiger partial charge in [-0.3, -0.25) is 4.79 Å². The van der Waals surface area contributed by atoms with Gasteiger partial charge in [-0.1, -0.05) is 0 Å². The molecule has 0 aliphatic rings. The van der Waals surface area contributed by atoms with E-state index in [0.717, 1.165) is 5.69 Å². The molecule has 0 aliphatic carbocycles. The highest BCUT2D eigenvalue weighted by molar-refractivity contribution is 5.81. The molecule has 0 radical (unpaired) electrons. The molecule has 0 bridgehead atoms. The molecule has 0 spiro atoms. The Kier molecular flexibility index (Phi) is 2.40. The maximum atomic E-state index is 11.4. The average Bonchev–Trinajstić information content (AvgIpc) is 2.50. The summed E-state index contributed by atoms with van der Waals surface area (Å²) in [6, 6.07) is 0. The topological polar surface area (TPSA) is 44.1 Å². The second-order valence-corrected chi connectivity index (χ2v) is 3.54. The van der Waals surface area contributed by atoms with Crippen molar-refractivity contribution in [3.63, 3.8) is 0 Å². The molecule has 0 amide bonds. The van der Waals surface area contributed by atoms with Gasteiger partial charge in [0, 0.05) is 13.2 Å². The lowest BCUT2D eigenvalue weighted by Gasteiger charge is -2.18. The predicted octanol–water partition coefficient (Wildman–Crippen LogP) is 0.871. The fourth-order valence-electron chi connectivity index (χ4n) is 1.10. The maximum absolute atomic E-state index is 11.4. The molecule has 4 heteroatoms. The molecule has 72 valence electrons. The van der Waals surface area contributed by atoms with Crippen LogP contribution in [0.1, 0.15) is 19.5 Å². The van der Waals surface area contributed by atoms with Crippen LogP contribution in [0, 0.1) is 0 Å². The zero-order chi connectivity index (χ0) is 10.1. The first-order valence-electron chi connectivity index (χ1n) is 4.05. The lowest BCUT2D eigenvalue weighted by molar-refractivity contribution is -0.146. The quantitative estimate of drug-likeness (QED) is 0.637. The SMILES string of the molecule is COC(=O)C(C)(C)c1cn(C)cn1. The summed E-state index contributed by atoms with van der Waals surface area (Å²) in [7, 11) is 3.25. The number of rotatable bonds is 2. The Morgan fingerprint density at radius 3 is 2.62 bits per heavy atom. The van der Waals surface area contributed by atoms with Gasteiger partial charge in [0.2, 0.25) is 0 Å². The van der Waals surface area contributed by atoms with Crippen molar-refractivity contribution >= 4 is 5.97 Å². The second kappa shape index (κ2) is 3.20. The van der Waals surface area contributed by atoms with Gasteiger partial charge in [-0.05, 0) is 13.8 Å². The number of aryl methyl sites for hydroxylation is 1. The van der Waals surface area contributed by atoms with Crippen LogP contribution in [0.25, 0.3) is 0 Å². The van der Waals surface area contributed by atoms with Crippen molar-refractivity contribution in [1.82, 2.24) is 9.55 Å². The van der Waals surface area contributed by atoms with Crippen LogP contribution in [-0.4, -0.2) is 22.6 Å². The Morgan fingerprint density at radius 1 is 1.62 bits per heavy atom. The average molecular weight is 182 g/mol. The van der Waals surface area contributed by atoms with Gasteiger partial charge in [0.15, 0.2) is 0 Å². The molecular formula is C9H14N2O2. The zero-order valence-electron chi connectivity index (χ0n) is 8.37. The van der Waals surface area contributed by atoms with Crippen molar-refractivity contribution < 1.29 is 9.53 Å². The van der Waals surface area contributed by atoms with Crippen molar-refractivity contribution in [3.05, 3.63) is 18.2 Å². The van der Waals surface area contributed by atoms with E-state index in [1.165, 1.54) is 7.11 Å². The van der Waals surface area contributed by atoms with Crippen molar-refractivity contribution in [1.29, 1.82) is 0 Å². The summed E-state index contributed by atoms with van der Waals surface area (Å²) in [5.74, 6) is -0.272. The van der Waals surface area contributed by atoms with Crippen LogP contribution in [-0.2, 0) is 22.0 Å². The molecule has 1 heterocycles. The summed E-state index contributed by atoms with van der Waals surface area (Å²) < 4.78 is 6.50. The monoisotopic (exact) mass is 182 g/mol. The lowest BCUT2D eigenvalue weighted by atomic mass is 9.90.